The number of carbonyl (C=O) groups excluding carboxylic acids is 1. The summed E-state index contributed by atoms with van der Waals surface area (Å²) in [7, 11) is 0. The molecule has 2 aliphatic carbocycles. The lowest BCUT2D eigenvalue weighted by Gasteiger charge is -2.36. The van der Waals surface area contributed by atoms with Crippen LogP contribution in [0.1, 0.15) is 11.5 Å². The minimum Gasteiger partial charge on any atom is -0.508 e. The predicted molar refractivity (Wildman–Crippen MR) is 73.2 cm³/mol. The highest BCUT2D eigenvalue weighted by molar-refractivity contribution is 6.05. The fourth-order valence-electron chi connectivity index (χ4n) is 3.24. The van der Waals surface area contributed by atoms with E-state index in [9.17, 15) is 20.1 Å². The van der Waals surface area contributed by atoms with Crippen molar-refractivity contribution in [2.45, 2.75) is 11.5 Å². The SMILES string of the molecule is O=C1C=C2C(=C[C@@]3(O)COc4cc(O)ccc4[C@@H]23)C=C1O. The largest absolute Gasteiger partial charge is 0.508 e. The molecule has 0 unspecified atom stereocenters. The first-order chi connectivity index (χ1) is 9.98. The van der Waals surface area contributed by atoms with Crippen LogP contribution in [0.3, 0.4) is 0 Å². The summed E-state index contributed by atoms with van der Waals surface area (Å²) in [4.78, 5) is 11.7. The molecule has 0 saturated heterocycles. The Morgan fingerprint density at radius 1 is 1.24 bits per heavy atom. The summed E-state index contributed by atoms with van der Waals surface area (Å²) in [6, 6.07) is 4.69. The quantitative estimate of drug-likeness (QED) is 0.672. The van der Waals surface area contributed by atoms with Gasteiger partial charge in [0.2, 0.25) is 5.78 Å². The highest BCUT2D eigenvalue weighted by atomic mass is 16.5. The number of ether oxygens (including phenoxy) is 1. The number of aromatic hydroxyl groups is 1. The van der Waals surface area contributed by atoms with Crippen LogP contribution in [-0.4, -0.2) is 33.3 Å². The van der Waals surface area contributed by atoms with E-state index in [1.54, 1.807) is 12.1 Å². The van der Waals surface area contributed by atoms with Crippen LogP contribution in [0.5, 0.6) is 11.5 Å². The van der Waals surface area contributed by atoms with Crippen molar-refractivity contribution in [3.05, 3.63) is 58.9 Å². The lowest BCUT2D eigenvalue weighted by Crippen LogP contribution is -2.41. The van der Waals surface area contributed by atoms with Crippen molar-refractivity contribution in [1.29, 1.82) is 0 Å². The zero-order chi connectivity index (χ0) is 14.8. The van der Waals surface area contributed by atoms with Gasteiger partial charge in [0.25, 0.3) is 0 Å². The molecule has 106 valence electrons. The molecular formula is C16H12O5. The Kier molecular flexibility index (Phi) is 2.19. The molecule has 1 heterocycles. The molecule has 1 aromatic carbocycles. The predicted octanol–water partition coefficient (Wildman–Crippen LogP) is 1.49. The summed E-state index contributed by atoms with van der Waals surface area (Å²) < 4.78 is 5.53. The molecule has 3 aliphatic rings. The second-order valence-corrected chi connectivity index (χ2v) is 5.53. The molecule has 0 spiro atoms. The first-order valence-corrected chi connectivity index (χ1v) is 6.56. The van der Waals surface area contributed by atoms with Gasteiger partial charge in [0.05, 0.1) is 0 Å². The molecule has 4 rings (SSSR count). The topological polar surface area (TPSA) is 87.0 Å². The molecular weight excluding hydrogens is 272 g/mol. The van der Waals surface area contributed by atoms with Crippen LogP contribution in [0.2, 0.25) is 0 Å². The minimum absolute atomic E-state index is 0.0255. The molecule has 1 aromatic rings. The number of phenols is 1. The summed E-state index contributed by atoms with van der Waals surface area (Å²) in [6.45, 7) is 0.0255. The fourth-order valence-corrected chi connectivity index (χ4v) is 3.24. The van der Waals surface area contributed by atoms with Gasteiger partial charge in [-0.3, -0.25) is 4.79 Å². The number of hydrogen-bond donors (Lipinski definition) is 3. The third-order valence-corrected chi connectivity index (χ3v) is 4.15. The van der Waals surface area contributed by atoms with Gasteiger partial charge in [0, 0.05) is 17.5 Å². The van der Waals surface area contributed by atoms with Gasteiger partial charge in [-0.1, -0.05) is 6.07 Å². The van der Waals surface area contributed by atoms with Gasteiger partial charge in [0.1, 0.15) is 23.7 Å². The van der Waals surface area contributed by atoms with Crippen molar-refractivity contribution < 1.29 is 24.9 Å². The van der Waals surface area contributed by atoms with Crippen molar-refractivity contribution in [2.24, 2.45) is 0 Å². The maximum Gasteiger partial charge on any atom is 0.220 e. The van der Waals surface area contributed by atoms with Crippen molar-refractivity contribution in [3.8, 4) is 11.5 Å². The summed E-state index contributed by atoms with van der Waals surface area (Å²) in [6.07, 6.45) is 4.34. The Balaban J connectivity index is 1.91. The van der Waals surface area contributed by atoms with Crippen LogP contribution in [0.25, 0.3) is 0 Å². The first kappa shape index (κ1) is 12.2. The van der Waals surface area contributed by atoms with Crippen LogP contribution >= 0.6 is 0 Å². The second-order valence-electron chi connectivity index (χ2n) is 5.53. The lowest BCUT2D eigenvalue weighted by atomic mass is 9.78. The van der Waals surface area contributed by atoms with Gasteiger partial charge in [-0.15, -0.1) is 0 Å². The molecule has 0 bridgehead atoms. The Labute approximate surface area is 120 Å². The van der Waals surface area contributed by atoms with E-state index in [2.05, 4.69) is 0 Å². The Hall–Kier alpha value is -2.53. The maximum absolute atomic E-state index is 11.7. The second kappa shape index (κ2) is 3.77. The van der Waals surface area contributed by atoms with Gasteiger partial charge in [0.15, 0.2) is 5.76 Å². The average Bonchev–Trinajstić information content (AvgIpc) is 2.71. The number of rotatable bonds is 0. The van der Waals surface area contributed by atoms with E-state index in [4.69, 9.17) is 4.74 Å². The van der Waals surface area contributed by atoms with E-state index in [-0.39, 0.29) is 18.1 Å². The van der Waals surface area contributed by atoms with E-state index in [0.717, 1.165) is 0 Å². The van der Waals surface area contributed by atoms with E-state index < -0.39 is 17.3 Å². The number of aliphatic hydroxyl groups excluding tert-OH is 1. The molecule has 0 saturated carbocycles. The maximum atomic E-state index is 11.7. The number of ketones is 1. The van der Waals surface area contributed by atoms with Crippen LogP contribution in [0.15, 0.2) is 53.3 Å². The van der Waals surface area contributed by atoms with E-state index in [0.29, 0.717) is 22.5 Å². The molecule has 5 nitrogen and oxygen atoms in total. The average molecular weight is 284 g/mol. The monoisotopic (exact) mass is 284 g/mol. The molecule has 0 aromatic heterocycles. The highest BCUT2D eigenvalue weighted by Gasteiger charge is 2.49. The smallest absolute Gasteiger partial charge is 0.220 e. The normalized spacial score (nSPS) is 29.5. The third kappa shape index (κ3) is 1.58. The molecule has 3 N–H and O–H groups in total. The standard InChI is InChI=1S/C16H12O5/c17-9-1-2-10-14(4-9)21-7-16(20)6-8-3-12(18)13(19)5-11(8)15(10)16/h1-6,15,17-18,20H,7H2/t15-,16+/m0/s1. The number of phenolic OH excluding ortho intramolecular Hbond substituents is 1. The number of allylic oxidation sites excluding steroid dienone is 3. The van der Waals surface area contributed by atoms with Crippen LogP contribution < -0.4 is 4.74 Å². The summed E-state index contributed by atoms with van der Waals surface area (Å²) >= 11 is 0. The Bertz CT molecular complexity index is 771. The van der Waals surface area contributed by atoms with Gasteiger partial charge < -0.3 is 20.1 Å². The summed E-state index contributed by atoms with van der Waals surface area (Å²) in [5, 5.41) is 29.9. The Morgan fingerprint density at radius 2 is 2.05 bits per heavy atom. The number of fused-ring (bicyclic) bond motifs is 5. The molecule has 21 heavy (non-hydrogen) atoms. The molecule has 0 radical (unpaired) electrons. The fraction of sp³-hybridized carbons (Fsp3) is 0.188. The number of aliphatic hydroxyl groups is 2. The molecule has 2 atom stereocenters. The first-order valence-electron chi connectivity index (χ1n) is 6.56. The van der Waals surface area contributed by atoms with Crippen molar-refractivity contribution in [3.63, 3.8) is 0 Å². The molecule has 5 heteroatoms. The van der Waals surface area contributed by atoms with E-state index in [1.165, 1.54) is 24.3 Å². The summed E-state index contributed by atoms with van der Waals surface area (Å²) in [5.41, 5.74) is 0.744. The van der Waals surface area contributed by atoms with Crippen LogP contribution in [0.4, 0.5) is 0 Å². The lowest BCUT2D eigenvalue weighted by molar-refractivity contribution is -0.113. The number of benzene rings is 1. The van der Waals surface area contributed by atoms with Crippen LogP contribution in [0, 0.1) is 0 Å². The van der Waals surface area contributed by atoms with Gasteiger partial charge in [-0.05, 0) is 35.4 Å². The summed E-state index contributed by atoms with van der Waals surface area (Å²) in [5.74, 6) is -0.675. The molecule has 0 fully saturated rings. The molecule has 1 aliphatic heterocycles. The number of carbonyl (C=O) groups is 1. The van der Waals surface area contributed by atoms with Crippen LogP contribution in [-0.2, 0) is 4.79 Å². The molecule has 0 amide bonds. The van der Waals surface area contributed by atoms with Gasteiger partial charge in [-0.25, -0.2) is 0 Å². The highest BCUT2D eigenvalue weighted by Crippen LogP contribution is 2.52. The van der Waals surface area contributed by atoms with Gasteiger partial charge in [-0.2, -0.15) is 0 Å². The van der Waals surface area contributed by atoms with Gasteiger partial charge >= 0.3 is 0 Å². The zero-order valence-electron chi connectivity index (χ0n) is 10.9. The third-order valence-electron chi connectivity index (χ3n) is 4.15. The minimum atomic E-state index is -1.26. The van der Waals surface area contributed by atoms with E-state index >= 15 is 0 Å². The number of hydrogen-bond acceptors (Lipinski definition) is 5. The van der Waals surface area contributed by atoms with Crippen molar-refractivity contribution in [2.75, 3.05) is 6.61 Å². The Morgan fingerprint density at radius 3 is 2.86 bits per heavy atom. The van der Waals surface area contributed by atoms with Crippen molar-refractivity contribution >= 4 is 5.78 Å². The van der Waals surface area contributed by atoms with Crippen molar-refractivity contribution in [1.82, 2.24) is 0 Å². The van der Waals surface area contributed by atoms with E-state index in [1.807, 2.05) is 0 Å². The zero-order valence-corrected chi connectivity index (χ0v) is 10.9.